The largest absolute Gasteiger partial charge is 0.478 e. The number of aliphatic hydroxyl groups excluding tert-OH is 2. The minimum Gasteiger partial charge on any atom is -0.478 e. The number of hydrogen-bond acceptors (Lipinski definition) is 6. The van der Waals surface area contributed by atoms with Crippen LogP contribution in [0.4, 0.5) is 5.69 Å². The van der Waals surface area contributed by atoms with E-state index < -0.39 is 35.1 Å². The van der Waals surface area contributed by atoms with Gasteiger partial charge >= 0.3 is 5.97 Å². The van der Waals surface area contributed by atoms with E-state index >= 15 is 0 Å². The third-order valence-electron chi connectivity index (χ3n) is 3.80. The van der Waals surface area contributed by atoms with Crippen molar-refractivity contribution in [3.63, 3.8) is 0 Å². The van der Waals surface area contributed by atoms with E-state index in [0.29, 0.717) is 0 Å². The van der Waals surface area contributed by atoms with Crippen molar-refractivity contribution in [3.8, 4) is 0 Å². The van der Waals surface area contributed by atoms with E-state index in [9.17, 15) is 18.0 Å². The molecule has 0 heterocycles. The predicted octanol–water partition coefficient (Wildman–Crippen LogP) is 0.612. The molecule has 0 aliphatic rings. The average Bonchev–Trinajstić information content (AvgIpc) is 2.68. The number of carbonyl (C=O) groups is 2. The summed E-state index contributed by atoms with van der Waals surface area (Å²) in [6.07, 6.45) is 0. The van der Waals surface area contributed by atoms with Crippen molar-refractivity contribution in [2.75, 3.05) is 31.6 Å². The van der Waals surface area contributed by atoms with Gasteiger partial charge in [0.15, 0.2) is 0 Å². The van der Waals surface area contributed by atoms with E-state index in [1.807, 2.05) is 0 Å². The Labute approximate surface area is 161 Å². The number of benzene rings is 2. The number of anilines is 1. The van der Waals surface area contributed by atoms with E-state index in [1.54, 1.807) is 0 Å². The van der Waals surface area contributed by atoms with Crippen LogP contribution in [0.2, 0.25) is 0 Å². The van der Waals surface area contributed by atoms with E-state index in [-0.39, 0.29) is 34.8 Å². The van der Waals surface area contributed by atoms with Gasteiger partial charge in [-0.15, -0.1) is 0 Å². The van der Waals surface area contributed by atoms with E-state index in [4.69, 9.17) is 15.3 Å². The first kappa shape index (κ1) is 21.5. The summed E-state index contributed by atoms with van der Waals surface area (Å²) >= 11 is 0. The highest BCUT2D eigenvalue weighted by Gasteiger charge is 2.24. The first-order valence-electron chi connectivity index (χ1n) is 8.26. The van der Waals surface area contributed by atoms with Crippen LogP contribution >= 0.6 is 0 Å². The summed E-state index contributed by atoms with van der Waals surface area (Å²) in [5.74, 6) is -1.76. The van der Waals surface area contributed by atoms with Gasteiger partial charge in [0.2, 0.25) is 10.0 Å². The van der Waals surface area contributed by atoms with Gasteiger partial charge in [-0.2, -0.15) is 4.31 Å². The summed E-state index contributed by atoms with van der Waals surface area (Å²) in [4.78, 5) is 23.3. The van der Waals surface area contributed by atoms with Crippen molar-refractivity contribution in [3.05, 3.63) is 59.7 Å². The molecule has 0 aliphatic carbocycles. The van der Waals surface area contributed by atoms with Gasteiger partial charge in [-0.1, -0.05) is 12.1 Å². The van der Waals surface area contributed by atoms with Crippen LogP contribution in [0.3, 0.4) is 0 Å². The van der Waals surface area contributed by atoms with Crippen LogP contribution in [0.25, 0.3) is 0 Å². The van der Waals surface area contributed by atoms with Crippen molar-refractivity contribution in [2.24, 2.45) is 0 Å². The Morgan fingerprint density at radius 1 is 0.929 bits per heavy atom. The van der Waals surface area contributed by atoms with Crippen molar-refractivity contribution in [2.45, 2.75) is 4.90 Å². The molecule has 2 aromatic rings. The molecular weight excluding hydrogens is 388 g/mol. The number of hydrogen-bond donors (Lipinski definition) is 4. The maximum Gasteiger partial charge on any atom is 0.335 e. The number of nitrogens with zero attached hydrogens (tertiary/aromatic N) is 1. The van der Waals surface area contributed by atoms with Crippen LogP contribution in [0, 0.1) is 0 Å². The predicted molar refractivity (Wildman–Crippen MR) is 101 cm³/mol. The quantitative estimate of drug-likeness (QED) is 0.476. The minimum absolute atomic E-state index is 0.00206. The Morgan fingerprint density at radius 2 is 1.54 bits per heavy atom. The maximum atomic E-state index is 12.7. The number of aromatic carboxylic acids is 1. The van der Waals surface area contributed by atoms with Crippen LogP contribution in [0.15, 0.2) is 53.4 Å². The van der Waals surface area contributed by atoms with Crippen LogP contribution in [-0.4, -0.2) is 66.2 Å². The molecule has 1 amide bonds. The second-order valence-corrected chi connectivity index (χ2v) is 7.66. The molecule has 0 saturated heterocycles. The van der Waals surface area contributed by atoms with Gasteiger partial charge in [0.25, 0.3) is 5.91 Å². The van der Waals surface area contributed by atoms with Crippen LogP contribution in [-0.2, 0) is 10.0 Å². The van der Waals surface area contributed by atoms with Gasteiger partial charge in [0.05, 0.1) is 23.7 Å². The highest BCUT2D eigenvalue weighted by Crippen LogP contribution is 2.18. The first-order valence-corrected chi connectivity index (χ1v) is 9.70. The molecule has 0 aromatic heterocycles. The molecule has 10 heteroatoms. The molecule has 0 saturated carbocycles. The van der Waals surface area contributed by atoms with Gasteiger partial charge in [-0.05, 0) is 36.4 Å². The van der Waals surface area contributed by atoms with E-state index in [0.717, 1.165) is 4.31 Å². The molecule has 0 spiro atoms. The summed E-state index contributed by atoms with van der Waals surface area (Å²) in [5, 5.41) is 29.6. The molecule has 0 fully saturated rings. The second-order valence-electron chi connectivity index (χ2n) is 5.72. The van der Waals surface area contributed by atoms with Crippen molar-refractivity contribution in [1.82, 2.24) is 4.31 Å². The molecular formula is C18H20N2O7S. The second kappa shape index (κ2) is 9.42. The van der Waals surface area contributed by atoms with Gasteiger partial charge in [0, 0.05) is 24.3 Å². The zero-order valence-corrected chi connectivity index (χ0v) is 15.6. The first-order chi connectivity index (χ1) is 13.3. The standard InChI is InChI=1S/C18H20N2O7S/c21-9-7-20(8-10-22)28(26,27)16-6-2-3-13(12-16)17(23)19-15-5-1-4-14(11-15)18(24)25/h1-6,11-12,21-22H,7-10H2,(H,19,23)(H,24,25). The normalized spacial score (nSPS) is 11.4. The molecule has 0 radical (unpaired) electrons. The smallest absolute Gasteiger partial charge is 0.335 e. The molecule has 2 rings (SSSR count). The number of sulfonamides is 1. The van der Waals surface area contributed by atoms with Crippen LogP contribution < -0.4 is 5.32 Å². The Kier molecular flexibility index (Phi) is 7.24. The third-order valence-corrected chi connectivity index (χ3v) is 5.69. The van der Waals surface area contributed by atoms with Crippen molar-refractivity contribution >= 4 is 27.6 Å². The van der Waals surface area contributed by atoms with Gasteiger partial charge < -0.3 is 20.6 Å². The molecule has 0 atom stereocenters. The Balaban J connectivity index is 2.28. The minimum atomic E-state index is -4.02. The summed E-state index contributed by atoms with van der Waals surface area (Å²) < 4.78 is 26.3. The molecule has 4 N–H and O–H groups in total. The number of carbonyl (C=O) groups excluding carboxylic acids is 1. The van der Waals surface area contributed by atoms with Crippen LogP contribution in [0.1, 0.15) is 20.7 Å². The lowest BCUT2D eigenvalue weighted by Gasteiger charge is -2.20. The van der Waals surface area contributed by atoms with Crippen molar-refractivity contribution in [1.29, 1.82) is 0 Å². The van der Waals surface area contributed by atoms with Gasteiger partial charge in [-0.3, -0.25) is 4.79 Å². The molecule has 0 unspecified atom stereocenters. The summed E-state index contributed by atoms with van der Waals surface area (Å²) in [6.45, 7) is -1.22. The molecule has 2 aromatic carbocycles. The monoisotopic (exact) mass is 408 g/mol. The molecule has 9 nitrogen and oxygen atoms in total. The number of amides is 1. The Morgan fingerprint density at radius 3 is 2.14 bits per heavy atom. The fourth-order valence-electron chi connectivity index (χ4n) is 2.46. The SMILES string of the molecule is O=C(O)c1cccc(NC(=O)c2cccc(S(=O)(=O)N(CCO)CCO)c2)c1. The Hall–Kier alpha value is -2.79. The summed E-state index contributed by atoms with van der Waals surface area (Å²) in [7, 11) is -4.02. The van der Waals surface area contributed by atoms with Crippen LogP contribution in [0.5, 0.6) is 0 Å². The third kappa shape index (κ3) is 5.14. The summed E-state index contributed by atoms with van der Waals surface area (Å²) in [5.41, 5.74) is 0.299. The fraction of sp³-hybridized carbons (Fsp3) is 0.222. The zero-order chi connectivity index (χ0) is 20.7. The Bertz CT molecular complexity index is 954. The number of rotatable bonds is 9. The molecule has 0 aliphatic heterocycles. The van der Waals surface area contributed by atoms with Crippen molar-refractivity contribution < 1.29 is 33.3 Å². The van der Waals surface area contributed by atoms with E-state index in [2.05, 4.69) is 5.32 Å². The van der Waals surface area contributed by atoms with Gasteiger partial charge in [-0.25, -0.2) is 13.2 Å². The summed E-state index contributed by atoms with van der Waals surface area (Å²) in [6, 6.07) is 10.9. The van der Waals surface area contributed by atoms with E-state index in [1.165, 1.54) is 48.5 Å². The highest BCUT2D eigenvalue weighted by atomic mass is 32.2. The number of nitrogens with one attached hydrogen (secondary N) is 1. The molecule has 0 bridgehead atoms. The lowest BCUT2D eigenvalue weighted by molar-refractivity contribution is 0.0696. The number of carboxylic acid groups (broad SMARTS) is 1. The maximum absolute atomic E-state index is 12.7. The topological polar surface area (TPSA) is 144 Å². The van der Waals surface area contributed by atoms with Gasteiger partial charge in [0.1, 0.15) is 0 Å². The lowest BCUT2D eigenvalue weighted by Crippen LogP contribution is -2.36. The lowest BCUT2D eigenvalue weighted by atomic mass is 10.2. The number of aliphatic hydroxyl groups is 2. The molecule has 150 valence electrons. The molecule has 28 heavy (non-hydrogen) atoms. The fourth-order valence-corrected chi connectivity index (χ4v) is 3.92. The highest BCUT2D eigenvalue weighted by molar-refractivity contribution is 7.89. The number of carboxylic acids is 1. The zero-order valence-electron chi connectivity index (χ0n) is 14.8. The average molecular weight is 408 g/mol.